The van der Waals surface area contributed by atoms with E-state index in [1.807, 2.05) is 0 Å². The number of hydrogen-bond acceptors (Lipinski definition) is 10. The normalized spacial score (nSPS) is 27.8. The zero-order chi connectivity index (χ0) is 28.3. The molecule has 3 rings (SSSR count). The van der Waals surface area contributed by atoms with Gasteiger partial charge in [-0.25, -0.2) is 5.09 Å². The first-order valence-electron chi connectivity index (χ1n) is 12.1. The van der Waals surface area contributed by atoms with E-state index in [2.05, 4.69) is 11.7 Å². The molecule has 0 radical (unpaired) electrons. The van der Waals surface area contributed by atoms with E-state index >= 15 is 0 Å². The molecule has 0 aromatic heterocycles. The molecular formula is C25H35N2O9PS. The maximum absolute atomic E-state index is 12.5. The molecule has 210 valence electrons. The highest BCUT2D eigenvalue weighted by molar-refractivity contribution is 8.09. The van der Waals surface area contributed by atoms with Gasteiger partial charge >= 0.3 is 12.6 Å². The van der Waals surface area contributed by atoms with Crippen molar-refractivity contribution in [2.45, 2.75) is 70.3 Å². The Morgan fingerprint density at radius 1 is 1.32 bits per heavy atom. The van der Waals surface area contributed by atoms with Crippen LogP contribution in [0.25, 0.3) is 0 Å². The van der Waals surface area contributed by atoms with E-state index in [9.17, 15) is 19.8 Å². The third-order valence-electron chi connectivity index (χ3n) is 5.90. The molecule has 0 saturated carbocycles. The van der Waals surface area contributed by atoms with Crippen LogP contribution < -0.4 is 14.3 Å². The molecule has 0 spiro atoms. The minimum Gasteiger partial charge on any atom is -0.497 e. The van der Waals surface area contributed by atoms with Crippen molar-refractivity contribution in [3.8, 4) is 11.5 Å². The summed E-state index contributed by atoms with van der Waals surface area (Å²) < 4.78 is 28.3. The molecule has 0 bridgehead atoms. The number of hydrogen-bond donors (Lipinski definition) is 3. The Morgan fingerprint density at radius 3 is 2.53 bits per heavy atom. The molecule has 0 aliphatic carbocycles. The molecule has 3 N–H and O–H groups in total. The van der Waals surface area contributed by atoms with Crippen molar-refractivity contribution in [3.05, 3.63) is 48.7 Å². The van der Waals surface area contributed by atoms with E-state index in [1.165, 1.54) is 25.1 Å². The Morgan fingerprint density at radius 2 is 1.95 bits per heavy atom. The summed E-state index contributed by atoms with van der Waals surface area (Å²) in [7, 11) is 1.53. The van der Waals surface area contributed by atoms with Crippen LogP contribution in [0.15, 0.2) is 48.7 Å². The fraction of sp³-hybridized carbons (Fsp3) is 0.520. The molecule has 1 saturated heterocycles. The van der Waals surface area contributed by atoms with Crippen LogP contribution >= 0.6 is 6.64 Å². The monoisotopic (exact) mass is 570 g/mol. The predicted molar refractivity (Wildman–Crippen MR) is 143 cm³/mol. The first-order chi connectivity index (χ1) is 17.8. The number of allylic oxidation sites excluding steroid dienone is 1. The van der Waals surface area contributed by atoms with E-state index in [1.54, 1.807) is 51.1 Å². The van der Waals surface area contributed by atoms with E-state index in [0.717, 1.165) is 0 Å². The van der Waals surface area contributed by atoms with Crippen LogP contribution in [0.3, 0.4) is 0 Å². The molecular weight excluding hydrogens is 535 g/mol. The number of carbonyl (C=O) groups is 2. The van der Waals surface area contributed by atoms with Gasteiger partial charge in [0, 0.05) is 6.20 Å². The summed E-state index contributed by atoms with van der Waals surface area (Å²) in [5, 5.41) is 24.8. The quantitative estimate of drug-likeness (QED) is 0.267. The first kappa shape index (κ1) is 30.2. The number of aliphatic hydroxyl groups excluding tert-OH is 1. The van der Waals surface area contributed by atoms with Gasteiger partial charge in [0.25, 0.3) is 0 Å². The van der Waals surface area contributed by atoms with Gasteiger partial charge in [-0.1, -0.05) is 6.58 Å². The van der Waals surface area contributed by atoms with Crippen molar-refractivity contribution in [2.24, 2.45) is 0 Å². The van der Waals surface area contributed by atoms with Gasteiger partial charge in [0.15, 0.2) is 6.23 Å². The van der Waals surface area contributed by atoms with Gasteiger partial charge in [-0.2, -0.15) is 0 Å². The Kier molecular flexibility index (Phi) is 9.75. The van der Waals surface area contributed by atoms with E-state index in [4.69, 9.17) is 35.1 Å². The SMILES string of the molecule is C=C1C=CN([C@@H]2O[C@H](COP(=S)(NC(C)C(=O)OC(C)C)Oc3ccc(OC)cc3)[C@@H](O)[C@@]2(C)O)C(=O)C1. The maximum Gasteiger partial charge on any atom is 0.323 e. The van der Waals surface area contributed by atoms with E-state index in [-0.39, 0.29) is 25.0 Å². The lowest BCUT2D eigenvalue weighted by atomic mass is 9.95. The van der Waals surface area contributed by atoms with E-state index in [0.29, 0.717) is 17.1 Å². The highest BCUT2D eigenvalue weighted by atomic mass is 32.5. The number of nitrogens with zero attached hydrogens (tertiary/aromatic N) is 1. The summed E-state index contributed by atoms with van der Waals surface area (Å²) in [6.45, 7) is 6.41. The highest BCUT2D eigenvalue weighted by Crippen LogP contribution is 2.47. The molecule has 2 aliphatic heterocycles. The van der Waals surface area contributed by atoms with Crippen molar-refractivity contribution in [1.29, 1.82) is 0 Å². The Hall–Kier alpha value is -2.31. The second-order valence-electron chi connectivity index (χ2n) is 9.55. The number of aliphatic hydroxyl groups is 2. The zero-order valence-corrected chi connectivity index (χ0v) is 23.7. The number of esters is 1. The average Bonchev–Trinajstić information content (AvgIpc) is 3.06. The molecule has 13 heteroatoms. The predicted octanol–water partition coefficient (Wildman–Crippen LogP) is 2.38. The van der Waals surface area contributed by atoms with E-state index < -0.39 is 42.7 Å². The largest absolute Gasteiger partial charge is 0.497 e. The molecule has 1 amide bonds. The van der Waals surface area contributed by atoms with Gasteiger partial charge in [-0.15, -0.1) is 0 Å². The number of amides is 1. The lowest BCUT2D eigenvalue weighted by Crippen LogP contribution is -2.53. The molecule has 1 aromatic carbocycles. The third kappa shape index (κ3) is 7.20. The summed E-state index contributed by atoms with van der Waals surface area (Å²) >= 11 is 5.70. The fourth-order valence-corrected chi connectivity index (χ4v) is 6.28. The van der Waals surface area contributed by atoms with Crippen LogP contribution in [0, 0.1) is 0 Å². The van der Waals surface area contributed by atoms with Gasteiger partial charge in [-0.3, -0.25) is 14.5 Å². The van der Waals surface area contributed by atoms with Crippen LogP contribution in [-0.2, 0) is 35.4 Å². The molecule has 38 heavy (non-hydrogen) atoms. The maximum atomic E-state index is 12.5. The van der Waals surface area contributed by atoms with Gasteiger partial charge in [0.2, 0.25) is 5.91 Å². The smallest absolute Gasteiger partial charge is 0.323 e. The van der Waals surface area contributed by atoms with Gasteiger partial charge in [-0.05, 0) is 75.4 Å². The van der Waals surface area contributed by atoms with Gasteiger partial charge < -0.3 is 33.5 Å². The molecule has 2 unspecified atom stereocenters. The summed E-state index contributed by atoms with van der Waals surface area (Å²) in [5.41, 5.74) is -1.19. The molecule has 6 atom stereocenters. The van der Waals surface area contributed by atoms with Crippen molar-refractivity contribution in [2.75, 3.05) is 13.7 Å². The van der Waals surface area contributed by atoms with Crippen LogP contribution in [0.5, 0.6) is 11.5 Å². The van der Waals surface area contributed by atoms with Crippen LogP contribution in [0.4, 0.5) is 0 Å². The second-order valence-corrected chi connectivity index (χ2v) is 12.7. The topological polar surface area (TPSA) is 136 Å². The van der Waals surface area contributed by atoms with Gasteiger partial charge in [0.05, 0.1) is 26.2 Å². The summed E-state index contributed by atoms with van der Waals surface area (Å²) in [5.74, 6) is 0.0825. The number of methoxy groups -OCH3 is 1. The van der Waals surface area contributed by atoms with Crippen LogP contribution in [0.2, 0.25) is 0 Å². The Balaban J connectivity index is 1.78. The fourth-order valence-electron chi connectivity index (χ4n) is 3.86. The number of carbonyl (C=O) groups excluding carboxylic acids is 2. The summed E-state index contributed by atoms with van der Waals surface area (Å²) in [6.07, 6.45) is -0.830. The van der Waals surface area contributed by atoms with Crippen molar-refractivity contribution in [1.82, 2.24) is 9.99 Å². The minimum atomic E-state index is -3.45. The molecule has 1 fully saturated rings. The second kappa shape index (κ2) is 12.3. The number of nitrogens with one attached hydrogen (secondary N) is 1. The summed E-state index contributed by atoms with van der Waals surface area (Å²) in [6, 6.07) is 5.73. The lowest BCUT2D eigenvalue weighted by Gasteiger charge is -2.35. The molecule has 11 nitrogen and oxygen atoms in total. The molecule has 1 aromatic rings. The third-order valence-corrected chi connectivity index (χ3v) is 8.40. The Bertz CT molecular complexity index is 1110. The Labute approximate surface area is 227 Å². The van der Waals surface area contributed by atoms with Crippen molar-refractivity contribution in [3.63, 3.8) is 0 Å². The summed E-state index contributed by atoms with van der Waals surface area (Å²) in [4.78, 5) is 26.2. The molecule has 2 aliphatic rings. The highest BCUT2D eigenvalue weighted by Gasteiger charge is 2.55. The van der Waals surface area contributed by atoms with Crippen molar-refractivity contribution >= 4 is 30.3 Å². The number of benzene rings is 1. The zero-order valence-electron chi connectivity index (χ0n) is 22.0. The number of ether oxygens (including phenoxy) is 3. The van der Waals surface area contributed by atoms with Crippen LogP contribution in [0.1, 0.15) is 34.1 Å². The lowest BCUT2D eigenvalue weighted by molar-refractivity contribution is -0.156. The standard InChI is InChI=1S/C25H35N2O9PS/c1-15(2)34-23(30)17(4)26-37(38,36-19-9-7-18(32-6)8-10-19)33-14-20-22(29)25(5,31)24(35-20)27-12-11-16(3)13-21(27)28/h7-12,15,17,20,22,24,29,31H,3,13-14H2,1-2,4-6H3,(H,26,38)/t17?,20-,22-,24-,25-,37?/m1/s1. The number of rotatable bonds is 11. The first-order valence-corrected chi connectivity index (χ1v) is 14.7. The minimum absolute atomic E-state index is 0.0640. The van der Waals surface area contributed by atoms with Gasteiger partial charge in [0.1, 0.15) is 35.3 Å². The average molecular weight is 571 g/mol. The molecule has 2 heterocycles. The van der Waals surface area contributed by atoms with Crippen LogP contribution in [-0.4, -0.2) is 76.9 Å². The van der Waals surface area contributed by atoms with Crippen molar-refractivity contribution < 1.29 is 43.1 Å².